The topological polar surface area (TPSA) is 34.9 Å². The number of aromatic nitrogens is 2. The molecule has 3 rings (SSSR count). The number of aryl methyl sites for hydroxylation is 1. The fourth-order valence-electron chi connectivity index (χ4n) is 2.01. The van der Waals surface area contributed by atoms with Crippen molar-refractivity contribution in [2.24, 2.45) is 0 Å². The predicted molar refractivity (Wildman–Crippen MR) is 84.4 cm³/mol. The molecule has 0 aliphatic heterocycles. The molecule has 0 spiro atoms. The molecule has 0 radical (unpaired) electrons. The summed E-state index contributed by atoms with van der Waals surface area (Å²) >= 11 is 1.52. The van der Waals surface area contributed by atoms with E-state index >= 15 is 0 Å². The molecular weight excluding hydrogens is 287 g/mol. The highest BCUT2D eigenvalue weighted by Crippen LogP contribution is 2.19. The number of rotatable bonds is 2. The summed E-state index contributed by atoms with van der Waals surface area (Å²) in [7, 11) is 0. The highest BCUT2D eigenvalue weighted by atomic mass is 32.1. The summed E-state index contributed by atoms with van der Waals surface area (Å²) in [6.45, 7) is 5.90. The lowest BCUT2D eigenvalue weighted by molar-refractivity contribution is 0.0914. The summed E-state index contributed by atoms with van der Waals surface area (Å²) in [5.74, 6) is -0.422. The van der Waals surface area contributed by atoms with Crippen molar-refractivity contribution in [3.63, 3.8) is 0 Å². The van der Waals surface area contributed by atoms with Crippen LogP contribution in [0.4, 0.5) is 4.39 Å². The van der Waals surface area contributed by atoms with Crippen LogP contribution < -0.4 is 0 Å². The van der Waals surface area contributed by atoms with Crippen LogP contribution in [0.5, 0.6) is 0 Å². The maximum atomic E-state index is 13.6. The molecule has 0 saturated carbocycles. The van der Waals surface area contributed by atoms with E-state index in [1.54, 1.807) is 18.3 Å². The van der Waals surface area contributed by atoms with Gasteiger partial charge in [0.25, 0.3) is 0 Å². The Labute approximate surface area is 127 Å². The van der Waals surface area contributed by atoms with Crippen LogP contribution >= 0.6 is 11.3 Å². The molecule has 0 fully saturated rings. The van der Waals surface area contributed by atoms with Crippen LogP contribution in [-0.2, 0) is 6.42 Å². The van der Waals surface area contributed by atoms with E-state index in [0.29, 0.717) is 5.39 Å². The number of thiazole rings is 1. The van der Waals surface area contributed by atoms with Crippen molar-refractivity contribution in [1.82, 2.24) is 9.55 Å². The van der Waals surface area contributed by atoms with Gasteiger partial charge in [0.15, 0.2) is 0 Å². The third-order valence-corrected chi connectivity index (χ3v) is 3.74. The van der Waals surface area contributed by atoms with Gasteiger partial charge in [0, 0.05) is 28.5 Å². The molecule has 0 aliphatic rings. The van der Waals surface area contributed by atoms with Gasteiger partial charge in [-0.3, -0.25) is 9.36 Å². The van der Waals surface area contributed by atoms with Crippen molar-refractivity contribution in [1.29, 1.82) is 0 Å². The number of fused-ring (bicyclic) bond motifs is 1. The van der Waals surface area contributed by atoms with Crippen molar-refractivity contribution >= 4 is 28.0 Å². The second kappa shape index (κ2) is 6.63. The van der Waals surface area contributed by atoms with Crippen LogP contribution in [0.25, 0.3) is 10.8 Å². The minimum absolute atomic E-state index is 0.110. The Kier molecular flexibility index (Phi) is 4.85. The molecule has 0 bridgehead atoms. The zero-order valence-electron chi connectivity index (χ0n) is 12.3. The molecule has 21 heavy (non-hydrogen) atoms. The molecule has 0 atom stereocenters. The van der Waals surface area contributed by atoms with Gasteiger partial charge in [-0.2, -0.15) is 0 Å². The van der Waals surface area contributed by atoms with Gasteiger partial charge >= 0.3 is 0 Å². The molecule has 110 valence electrons. The van der Waals surface area contributed by atoms with Crippen molar-refractivity contribution in [2.75, 3.05) is 0 Å². The molecular formula is C16H17FN2OS. The van der Waals surface area contributed by atoms with E-state index in [-0.39, 0.29) is 18.1 Å². The summed E-state index contributed by atoms with van der Waals surface area (Å²) < 4.78 is 15.0. The fraction of sp³-hybridized carbons (Fsp3) is 0.250. The highest BCUT2D eigenvalue weighted by molar-refractivity contribution is 7.09. The maximum absolute atomic E-state index is 13.6. The van der Waals surface area contributed by atoms with E-state index in [9.17, 15) is 9.18 Å². The Morgan fingerprint density at radius 2 is 2.10 bits per heavy atom. The number of halogens is 1. The van der Waals surface area contributed by atoms with Crippen molar-refractivity contribution in [3.8, 4) is 0 Å². The Balaban J connectivity index is 0.000000774. The quantitative estimate of drug-likeness (QED) is 0.701. The minimum Gasteiger partial charge on any atom is -0.293 e. The van der Waals surface area contributed by atoms with Crippen LogP contribution in [0, 0.1) is 12.7 Å². The van der Waals surface area contributed by atoms with Gasteiger partial charge in [-0.15, -0.1) is 11.3 Å². The molecule has 2 heterocycles. The maximum Gasteiger partial charge on any atom is 0.236 e. The van der Waals surface area contributed by atoms with E-state index in [0.717, 1.165) is 16.1 Å². The molecule has 2 aromatic heterocycles. The molecule has 5 heteroatoms. The van der Waals surface area contributed by atoms with Crippen LogP contribution in [-0.4, -0.2) is 15.5 Å². The molecule has 3 nitrogen and oxygen atoms in total. The first kappa shape index (κ1) is 15.4. The Hall–Kier alpha value is -2.01. The van der Waals surface area contributed by atoms with E-state index in [2.05, 4.69) is 4.98 Å². The van der Waals surface area contributed by atoms with E-state index in [1.165, 1.54) is 28.2 Å². The first-order valence-electron chi connectivity index (χ1n) is 6.84. The molecule has 0 N–H and O–H groups in total. The standard InChI is InChI=1S/C14H11FN2OS.C2H6/c1-9-16-11(8-19-9)5-14(18)17-6-10-3-2-4-13(15)12(10)7-17;1-2/h2-4,6-8H,5H2,1H3;1-2H3. The summed E-state index contributed by atoms with van der Waals surface area (Å²) in [6, 6.07) is 4.81. The Morgan fingerprint density at radius 1 is 1.33 bits per heavy atom. The lowest BCUT2D eigenvalue weighted by atomic mass is 10.2. The molecule has 0 amide bonds. The first-order valence-corrected chi connectivity index (χ1v) is 7.72. The third-order valence-electron chi connectivity index (χ3n) is 2.92. The summed E-state index contributed by atoms with van der Waals surface area (Å²) in [5, 5.41) is 4.00. The van der Waals surface area contributed by atoms with Gasteiger partial charge in [-0.25, -0.2) is 9.37 Å². The van der Waals surface area contributed by atoms with Crippen LogP contribution in [0.3, 0.4) is 0 Å². The monoisotopic (exact) mass is 304 g/mol. The predicted octanol–water partition coefficient (Wildman–Crippen LogP) is 4.45. The summed E-state index contributed by atoms with van der Waals surface area (Å²) in [4.78, 5) is 16.4. The average molecular weight is 304 g/mol. The molecule has 1 aromatic carbocycles. The Bertz CT molecular complexity index is 761. The number of carbonyl (C=O) groups excluding carboxylic acids is 1. The summed E-state index contributed by atoms with van der Waals surface area (Å²) in [6.07, 6.45) is 3.42. The zero-order valence-corrected chi connectivity index (χ0v) is 13.1. The normalized spacial score (nSPS) is 10.3. The van der Waals surface area contributed by atoms with Crippen molar-refractivity contribution in [3.05, 3.63) is 52.5 Å². The van der Waals surface area contributed by atoms with Crippen LogP contribution in [0.15, 0.2) is 36.0 Å². The van der Waals surface area contributed by atoms with Gasteiger partial charge in [0.1, 0.15) is 5.82 Å². The second-order valence-electron chi connectivity index (χ2n) is 4.34. The van der Waals surface area contributed by atoms with Gasteiger partial charge in [-0.1, -0.05) is 26.0 Å². The number of hydrogen-bond donors (Lipinski definition) is 0. The molecule has 0 unspecified atom stereocenters. The summed E-state index contributed by atoms with van der Waals surface area (Å²) in [5.41, 5.74) is 0.755. The third kappa shape index (κ3) is 3.36. The van der Waals surface area contributed by atoms with Gasteiger partial charge in [0.2, 0.25) is 5.91 Å². The largest absolute Gasteiger partial charge is 0.293 e. The fourth-order valence-corrected chi connectivity index (χ4v) is 2.62. The number of carbonyl (C=O) groups is 1. The minimum atomic E-state index is -0.312. The van der Waals surface area contributed by atoms with Crippen molar-refractivity contribution in [2.45, 2.75) is 27.2 Å². The number of nitrogens with zero attached hydrogens (tertiary/aromatic N) is 2. The van der Waals surface area contributed by atoms with Gasteiger partial charge < -0.3 is 0 Å². The lowest BCUT2D eigenvalue weighted by Gasteiger charge is -1.98. The van der Waals surface area contributed by atoms with E-state index < -0.39 is 0 Å². The highest BCUT2D eigenvalue weighted by Gasteiger charge is 2.11. The average Bonchev–Trinajstić information content (AvgIpc) is 3.08. The SMILES string of the molecule is CC.Cc1nc(CC(=O)n2cc3cccc(F)c3c2)cs1. The van der Waals surface area contributed by atoms with Crippen LogP contribution in [0.2, 0.25) is 0 Å². The Morgan fingerprint density at radius 3 is 2.71 bits per heavy atom. The number of hydrogen-bond acceptors (Lipinski definition) is 3. The zero-order chi connectivity index (χ0) is 15.4. The molecule has 0 saturated heterocycles. The van der Waals surface area contributed by atoms with E-state index in [4.69, 9.17) is 0 Å². The lowest BCUT2D eigenvalue weighted by Crippen LogP contribution is -2.11. The van der Waals surface area contributed by atoms with Gasteiger partial charge in [-0.05, 0) is 13.0 Å². The molecule has 3 aromatic rings. The number of benzene rings is 1. The van der Waals surface area contributed by atoms with E-state index in [1.807, 2.05) is 26.2 Å². The van der Waals surface area contributed by atoms with Crippen molar-refractivity contribution < 1.29 is 9.18 Å². The second-order valence-corrected chi connectivity index (χ2v) is 5.40. The first-order chi connectivity index (χ1) is 10.1. The molecule has 0 aliphatic carbocycles. The van der Waals surface area contributed by atoms with Crippen LogP contribution in [0.1, 0.15) is 29.3 Å². The smallest absolute Gasteiger partial charge is 0.236 e. The van der Waals surface area contributed by atoms with Gasteiger partial charge in [0.05, 0.1) is 17.1 Å².